The molecule has 0 radical (unpaired) electrons. The normalized spacial score (nSPS) is 18.6. The fourth-order valence-corrected chi connectivity index (χ4v) is 4.67. The third kappa shape index (κ3) is 5.36. The molecule has 0 amide bonds. The Morgan fingerprint density at radius 3 is 2.31 bits per heavy atom. The first-order valence-corrected chi connectivity index (χ1v) is 11.5. The SMILES string of the molecule is CC[C@@H](O)CN1CCN(S(=O)(=O)c2ccc(NS(C)(=O)=O)c(F)c2)CC1. The Kier molecular flexibility index (Phi) is 6.61. The maximum Gasteiger partial charge on any atom is 0.243 e. The third-order valence-electron chi connectivity index (χ3n) is 4.15. The number of halogens is 1. The van der Waals surface area contributed by atoms with Gasteiger partial charge in [-0.3, -0.25) is 9.62 Å². The molecular weight excluding hydrogens is 385 g/mol. The van der Waals surface area contributed by atoms with Gasteiger partial charge in [-0.05, 0) is 24.6 Å². The minimum atomic E-state index is -3.88. The smallest absolute Gasteiger partial charge is 0.243 e. The van der Waals surface area contributed by atoms with Crippen molar-refractivity contribution in [1.82, 2.24) is 9.21 Å². The summed E-state index contributed by atoms with van der Waals surface area (Å²) in [6, 6.07) is 3.09. The molecule has 0 aliphatic carbocycles. The van der Waals surface area contributed by atoms with Crippen molar-refractivity contribution in [2.75, 3.05) is 43.7 Å². The number of piperazine rings is 1. The van der Waals surface area contributed by atoms with Crippen LogP contribution in [0.15, 0.2) is 23.1 Å². The average Bonchev–Trinajstić information content (AvgIpc) is 2.55. The number of nitrogens with zero attached hydrogens (tertiary/aromatic N) is 2. The van der Waals surface area contributed by atoms with Crippen LogP contribution in [0.25, 0.3) is 0 Å². The molecule has 1 aromatic rings. The van der Waals surface area contributed by atoms with E-state index in [0.717, 1.165) is 18.4 Å². The zero-order valence-electron chi connectivity index (χ0n) is 14.7. The molecule has 148 valence electrons. The van der Waals surface area contributed by atoms with Crippen LogP contribution in [0.3, 0.4) is 0 Å². The maximum atomic E-state index is 14.1. The van der Waals surface area contributed by atoms with Crippen LogP contribution in [0.1, 0.15) is 13.3 Å². The summed E-state index contributed by atoms with van der Waals surface area (Å²) < 4.78 is 65.1. The molecule has 0 saturated carbocycles. The number of aliphatic hydroxyl groups is 1. The molecule has 2 N–H and O–H groups in total. The topological polar surface area (TPSA) is 107 Å². The van der Waals surface area contributed by atoms with Gasteiger partial charge < -0.3 is 5.11 Å². The predicted octanol–water partition coefficient (Wildman–Crippen LogP) is 0.274. The molecule has 0 unspecified atom stereocenters. The lowest BCUT2D eigenvalue weighted by Gasteiger charge is -2.34. The fourth-order valence-electron chi connectivity index (χ4n) is 2.67. The standard InChI is InChI=1S/C15H24FN3O5S2/c1-3-12(20)11-18-6-8-19(9-7-18)26(23,24)13-4-5-15(14(16)10-13)17-25(2,21)22/h4-5,10,12,17,20H,3,6-9,11H2,1-2H3/t12-/m1/s1. The Bertz CT molecular complexity index is 837. The Hall–Kier alpha value is -1.27. The Labute approximate surface area is 153 Å². The number of aliphatic hydroxyl groups excluding tert-OH is 1. The number of nitrogens with one attached hydrogen (secondary N) is 1. The first-order valence-electron chi connectivity index (χ1n) is 8.21. The number of hydrogen-bond acceptors (Lipinski definition) is 6. The van der Waals surface area contributed by atoms with Crippen molar-refractivity contribution in [3.63, 3.8) is 0 Å². The van der Waals surface area contributed by atoms with Crippen molar-refractivity contribution in [3.05, 3.63) is 24.0 Å². The maximum absolute atomic E-state index is 14.1. The van der Waals surface area contributed by atoms with Gasteiger partial charge in [0.1, 0.15) is 5.82 Å². The molecule has 0 bridgehead atoms. The molecule has 1 aliphatic heterocycles. The van der Waals surface area contributed by atoms with Crippen LogP contribution < -0.4 is 4.72 Å². The highest BCUT2D eigenvalue weighted by molar-refractivity contribution is 7.92. The first kappa shape index (κ1) is 21.0. The van der Waals surface area contributed by atoms with Gasteiger partial charge in [0, 0.05) is 32.7 Å². The molecule has 1 fully saturated rings. The lowest BCUT2D eigenvalue weighted by molar-refractivity contribution is 0.0896. The number of anilines is 1. The highest BCUT2D eigenvalue weighted by Gasteiger charge is 2.29. The highest BCUT2D eigenvalue weighted by Crippen LogP contribution is 2.23. The summed E-state index contributed by atoms with van der Waals surface area (Å²) >= 11 is 0. The zero-order valence-corrected chi connectivity index (χ0v) is 16.4. The summed E-state index contributed by atoms with van der Waals surface area (Å²) in [6.45, 7) is 3.81. The summed E-state index contributed by atoms with van der Waals surface area (Å²) in [5, 5.41) is 9.69. The lowest BCUT2D eigenvalue weighted by Crippen LogP contribution is -2.50. The van der Waals surface area contributed by atoms with Gasteiger partial charge in [0.05, 0.1) is 22.9 Å². The number of benzene rings is 1. The predicted molar refractivity (Wildman–Crippen MR) is 96.4 cm³/mol. The van der Waals surface area contributed by atoms with Crippen LogP contribution in [0.2, 0.25) is 0 Å². The minimum Gasteiger partial charge on any atom is -0.392 e. The van der Waals surface area contributed by atoms with E-state index in [1.165, 1.54) is 10.4 Å². The molecule has 0 spiro atoms. The lowest BCUT2D eigenvalue weighted by atomic mass is 10.2. The second-order valence-corrected chi connectivity index (χ2v) is 9.97. The summed E-state index contributed by atoms with van der Waals surface area (Å²) in [7, 11) is -7.54. The molecule has 1 heterocycles. The van der Waals surface area contributed by atoms with E-state index in [0.29, 0.717) is 26.1 Å². The number of rotatable bonds is 7. The molecule has 11 heteroatoms. The largest absolute Gasteiger partial charge is 0.392 e. The van der Waals surface area contributed by atoms with Crippen molar-refractivity contribution in [2.45, 2.75) is 24.3 Å². The van der Waals surface area contributed by atoms with Gasteiger partial charge in [-0.2, -0.15) is 4.31 Å². The first-order chi connectivity index (χ1) is 12.0. The van der Waals surface area contributed by atoms with Crippen LogP contribution in [-0.2, 0) is 20.0 Å². The van der Waals surface area contributed by atoms with Gasteiger partial charge in [-0.25, -0.2) is 21.2 Å². The summed E-state index contributed by atoms with van der Waals surface area (Å²) in [4.78, 5) is 1.76. The van der Waals surface area contributed by atoms with Crippen molar-refractivity contribution in [3.8, 4) is 0 Å². The number of sulfonamides is 2. The molecule has 1 aromatic carbocycles. The van der Waals surface area contributed by atoms with Crippen molar-refractivity contribution >= 4 is 25.7 Å². The van der Waals surface area contributed by atoms with E-state index in [-0.39, 0.29) is 23.7 Å². The Balaban J connectivity index is 2.10. The molecule has 0 aromatic heterocycles. The van der Waals surface area contributed by atoms with Gasteiger partial charge in [0.15, 0.2) is 0 Å². The molecule has 1 aliphatic rings. The van der Waals surface area contributed by atoms with E-state index < -0.39 is 32.0 Å². The molecule has 8 nitrogen and oxygen atoms in total. The summed E-state index contributed by atoms with van der Waals surface area (Å²) in [6.07, 6.45) is 1.07. The number of β-amino-alcohol motifs (C(OH)–C–C–N with tert-alkyl or cyclic N) is 1. The Morgan fingerprint density at radius 1 is 1.19 bits per heavy atom. The van der Waals surface area contributed by atoms with Crippen LogP contribution in [-0.4, -0.2) is 76.2 Å². The van der Waals surface area contributed by atoms with Crippen LogP contribution in [0.5, 0.6) is 0 Å². The average molecular weight is 410 g/mol. The molecule has 1 atom stereocenters. The van der Waals surface area contributed by atoms with E-state index in [9.17, 15) is 26.3 Å². The van der Waals surface area contributed by atoms with Gasteiger partial charge in [0.2, 0.25) is 20.0 Å². The van der Waals surface area contributed by atoms with Crippen LogP contribution in [0.4, 0.5) is 10.1 Å². The second-order valence-electron chi connectivity index (χ2n) is 6.28. The van der Waals surface area contributed by atoms with E-state index >= 15 is 0 Å². The van der Waals surface area contributed by atoms with Gasteiger partial charge in [-0.1, -0.05) is 6.92 Å². The quantitative estimate of drug-likeness (QED) is 0.670. The van der Waals surface area contributed by atoms with Crippen LogP contribution in [0, 0.1) is 5.82 Å². The monoisotopic (exact) mass is 409 g/mol. The van der Waals surface area contributed by atoms with E-state index in [1.54, 1.807) is 0 Å². The summed E-state index contributed by atoms with van der Waals surface area (Å²) in [5.74, 6) is -0.957. The van der Waals surface area contributed by atoms with E-state index in [2.05, 4.69) is 0 Å². The fraction of sp³-hybridized carbons (Fsp3) is 0.600. The molecular formula is C15H24FN3O5S2. The molecule has 2 rings (SSSR count). The van der Waals surface area contributed by atoms with E-state index in [4.69, 9.17) is 0 Å². The van der Waals surface area contributed by atoms with Crippen molar-refractivity contribution in [2.24, 2.45) is 0 Å². The second kappa shape index (κ2) is 8.17. The van der Waals surface area contributed by atoms with Gasteiger partial charge in [0.25, 0.3) is 0 Å². The van der Waals surface area contributed by atoms with Crippen molar-refractivity contribution in [1.29, 1.82) is 0 Å². The minimum absolute atomic E-state index is 0.226. The zero-order chi connectivity index (χ0) is 19.5. The Morgan fingerprint density at radius 2 is 1.81 bits per heavy atom. The number of hydrogen-bond donors (Lipinski definition) is 2. The van der Waals surface area contributed by atoms with Gasteiger partial charge >= 0.3 is 0 Å². The third-order valence-corrected chi connectivity index (χ3v) is 6.63. The molecule has 26 heavy (non-hydrogen) atoms. The van der Waals surface area contributed by atoms with Crippen LogP contribution >= 0.6 is 0 Å². The van der Waals surface area contributed by atoms with Crippen molar-refractivity contribution < 1.29 is 26.3 Å². The van der Waals surface area contributed by atoms with E-state index in [1.807, 2.05) is 16.5 Å². The highest BCUT2D eigenvalue weighted by atomic mass is 32.2. The van der Waals surface area contributed by atoms with Gasteiger partial charge in [-0.15, -0.1) is 0 Å². The summed E-state index contributed by atoms with van der Waals surface area (Å²) in [5.41, 5.74) is -0.301. The molecule has 1 saturated heterocycles.